The minimum Gasteiger partial charge on any atom is -0.298 e. The Hall–Kier alpha value is -1.64. The highest BCUT2D eigenvalue weighted by molar-refractivity contribution is 7.22. The Kier molecular flexibility index (Phi) is 2.90. The first-order valence-electron chi connectivity index (χ1n) is 5.51. The lowest BCUT2D eigenvalue weighted by molar-refractivity contribution is 0.112. The van der Waals surface area contributed by atoms with Crippen molar-refractivity contribution in [1.29, 1.82) is 0 Å². The summed E-state index contributed by atoms with van der Waals surface area (Å²) in [6, 6.07) is 15.9. The van der Waals surface area contributed by atoms with Crippen LogP contribution in [0.4, 0.5) is 0 Å². The summed E-state index contributed by atoms with van der Waals surface area (Å²) in [5.74, 6) is 0. The van der Waals surface area contributed by atoms with E-state index in [-0.39, 0.29) is 0 Å². The maximum absolute atomic E-state index is 10.7. The zero-order chi connectivity index (χ0) is 12.5. The highest BCUT2D eigenvalue weighted by atomic mass is 35.5. The molecule has 0 spiro atoms. The predicted octanol–water partition coefficient (Wildman–Crippen LogP) is 5.03. The Morgan fingerprint density at radius 2 is 1.89 bits per heavy atom. The number of carbonyl (C=O) groups is 1. The summed E-state index contributed by atoms with van der Waals surface area (Å²) in [5, 5.41) is 1.73. The molecule has 88 valence electrons. The smallest absolute Gasteiger partial charge is 0.151 e. The van der Waals surface area contributed by atoms with Crippen LogP contribution in [0, 0.1) is 0 Å². The molecule has 0 atom stereocenters. The van der Waals surface area contributed by atoms with Crippen molar-refractivity contribution < 1.29 is 4.79 Å². The van der Waals surface area contributed by atoms with Gasteiger partial charge in [-0.15, -0.1) is 11.3 Å². The van der Waals surface area contributed by atoms with Crippen molar-refractivity contribution in [3.63, 3.8) is 0 Å². The molecule has 0 aliphatic carbocycles. The summed E-state index contributed by atoms with van der Waals surface area (Å²) >= 11 is 7.78. The molecule has 3 rings (SSSR count). The maximum atomic E-state index is 10.7. The molecule has 0 saturated heterocycles. The third-order valence-corrected chi connectivity index (χ3v) is 4.33. The summed E-state index contributed by atoms with van der Waals surface area (Å²) in [7, 11) is 0. The summed E-state index contributed by atoms with van der Waals surface area (Å²) in [6.07, 6.45) is 0.775. The van der Waals surface area contributed by atoms with Gasteiger partial charge in [-0.3, -0.25) is 4.79 Å². The van der Waals surface area contributed by atoms with Crippen LogP contribution in [-0.2, 0) is 0 Å². The molecule has 1 aromatic heterocycles. The number of rotatable bonds is 2. The van der Waals surface area contributed by atoms with Gasteiger partial charge in [0.05, 0.1) is 5.02 Å². The Morgan fingerprint density at radius 3 is 2.61 bits per heavy atom. The van der Waals surface area contributed by atoms with Gasteiger partial charge >= 0.3 is 0 Å². The number of thiophene rings is 1. The first-order valence-corrected chi connectivity index (χ1v) is 6.71. The minimum absolute atomic E-state index is 0.500. The molecule has 1 heterocycles. The first kappa shape index (κ1) is 11.5. The topological polar surface area (TPSA) is 17.1 Å². The first-order chi connectivity index (χ1) is 8.78. The van der Waals surface area contributed by atoms with Gasteiger partial charge in [-0.05, 0) is 35.2 Å². The monoisotopic (exact) mass is 272 g/mol. The van der Waals surface area contributed by atoms with Crippen LogP contribution in [0.2, 0.25) is 5.02 Å². The summed E-state index contributed by atoms with van der Waals surface area (Å²) < 4.78 is 1.25. The highest BCUT2D eigenvalue weighted by Gasteiger charge is 2.06. The van der Waals surface area contributed by atoms with E-state index in [1.807, 2.05) is 24.3 Å². The van der Waals surface area contributed by atoms with E-state index in [1.165, 1.54) is 10.1 Å². The van der Waals surface area contributed by atoms with Crippen LogP contribution in [0.15, 0.2) is 48.5 Å². The van der Waals surface area contributed by atoms with Gasteiger partial charge in [-0.25, -0.2) is 0 Å². The van der Waals surface area contributed by atoms with E-state index in [4.69, 9.17) is 11.6 Å². The van der Waals surface area contributed by atoms with Gasteiger partial charge in [-0.1, -0.05) is 35.9 Å². The van der Waals surface area contributed by atoms with E-state index in [1.54, 1.807) is 17.4 Å². The van der Waals surface area contributed by atoms with Crippen LogP contribution in [0.3, 0.4) is 0 Å². The van der Waals surface area contributed by atoms with Crippen LogP contribution < -0.4 is 0 Å². The number of benzene rings is 2. The average Bonchev–Trinajstić information content (AvgIpc) is 2.82. The van der Waals surface area contributed by atoms with Gasteiger partial charge in [0, 0.05) is 15.1 Å². The largest absolute Gasteiger partial charge is 0.298 e. The van der Waals surface area contributed by atoms with Gasteiger partial charge in [0.1, 0.15) is 0 Å². The Morgan fingerprint density at radius 1 is 1.06 bits per heavy atom. The molecule has 0 aliphatic heterocycles. The van der Waals surface area contributed by atoms with Gasteiger partial charge in [0.25, 0.3) is 0 Å². The number of aldehydes is 1. The molecule has 2 aromatic carbocycles. The molecule has 0 radical (unpaired) electrons. The Balaban J connectivity index is 2.14. The zero-order valence-corrected chi connectivity index (χ0v) is 11.0. The van der Waals surface area contributed by atoms with Crippen molar-refractivity contribution in [1.82, 2.24) is 0 Å². The number of hydrogen-bond donors (Lipinski definition) is 0. The summed E-state index contributed by atoms with van der Waals surface area (Å²) in [4.78, 5) is 11.9. The second-order valence-electron chi connectivity index (χ2n) is 4.00. The average molecular weight is 273 g/mol. The molecular formula is C15H9ClOS. The molecule has 0 unspecified atom stereocenters. The van der Waals surface area contributed by atoms with Crippen LogP contribution in [0.25, 0.3) is 20.5 Å². The fourth-order valence-electron chi connectivity index (χ4n) is 1.90. The van der Waals surface area contributed by atoms with Crippen molar-refractivity contribution >= 4 is 39.3 Å². The third kappa shape index (κ3) is 1.94. The Bertz CT molecular complexity index is 697. The molecule has 1 nitrogen and oxygen atoms in total. The van der Waals surface area contributed by atoms with Crippen LogP contribution in [-0.4, -0.2) is 6.29 Å². The molecule has 0 bridgehead atoms. The molecule has 3 aromatic rings. The van der Waals surface area contributed by atoms with Crippen LogP contribution in [0.1, 0.15) is 10.4 Å². The van der Waals surface area contributed by atoms with E-state index >= 15 is 0 Å². The van der Waals surface area contributed by atoms with E-state index < -0.39 is 0 Å². The summed E-state index contributed by atoms with van der Waals surface area (Å²) in [6.45, 7) is 0. The minimum atomic E-state index is 0.500. The zero-order valence-electron chi connectivity index (χ0n) is 9.39. The Labute approximate surface area is 114 Å². The van der Waals surface area contributed by atoms with Crippen molar-refractivity contribution in [3.8, 4) is 10.4 Å². The third-order valence-electron chi connectivity index (χ3n) is 2.84. The van der Waals surface area contributed by atoms with Crippen molar-refractivity contribution in [2.24, 2.45) is 0 Å². The number of carbonyl (C=O) groups excluding carboxylic acids is 1. The van der Waals surface area contributed by atoms with Gasteiger partial charge in [0.15, 0.2) is 6.29 Å². The molecule has 0 amide bonds. The van der Waals surface area contributed by atoms with Gasteiger partial charge in [0.2, 0.25) is 0 Å². The molecule has 0 fully saturated rings. The van der Waals surface area contributed by atoms with E-state index in [0.717, 1.165) is 16.7 Å². The molecule has 0 aliphatic rings. The van der Waals surface area contributed by atoms with E-state index in [0.29, 0.717) is 10.6 Å². The molecule has 3 heteroatoms. The second kappa shape index (κ2) is 4.56. The van der Waals surface area contributed by atoms with Crippen molar-refractivity contribution in [2.45, 2.75) is 0 Å². The fraction of sp³-hybridized carbons (Fsp3) is 0. The van der Waals surface area contributed by atoms with Crippen molar-refractivity contribution in [3.05, 3.63) is 59.1 Å². The SMILES string of the molecule is O=Cc1ccc(-c2cc3ccccc3s2)cc1Cl. The lowest BCUT2D eigenvalue weighted by Crippen LogP contribution is -1.82. The van der Waals surface area contributed by atoms with Crippen molar-refractivity contribution in [2.75, 3.05) is 0 Å². The van der Waals surface area contributed by atoms with E-state index in [9.17, 15) is 4.79 Å². The van der Waals surface area contributed by atoms with Crippen LogP contribution >= 0.6 is 22.9 Å². The normalized spacial score (nSPS) is 10.7. The predicted molar refractivity (Wildman–Crippen MR) is 77.7 cm³/mol. The molecule has 0 N–H and O–H groups in total. The van der Waals surface area contributed by atoms with Gasteiger partial charge in [-0.2, -0.15) is 0 Å². The molecular weight excluding hydrogens is 264 g/mol. The lowest BCUT2D eigenvalue weighted by Gasteiger charge is -2.00. The van der Waals surface area contributed by atoms with Gasteiger partial charge < -0.3 is 0 Å². The number of fused-ring (bicyclic) bond motifs is 1. The maximum Gasteiger partial charge on any atom is 0.151 e. The van der Waals surface area contributed by atoms with E-state index in [2.05, 4.69) is 18.2 Å². The number of hydrogen-bond acceptors (Lipinski definition) is 2. The molecule has 18 heavy (non-hydrogen) atoms. The second-order valence-corrected chi connectivity index (χ2v) is 5.49. The lowest BCUT2D eigenvalue weighted by atomic mass is 10.1. The van der Waals surface area contributed by atoms with Crippen LogP contribution in [0.5, 0.6) is 0 Å². The highest BCUT2D eigenvalue weighted by Crippen LogP contribution is 2.34. The number of halogens is 1. The summed E-state index contributed by atoms with van der Waals surface area (Å²) in [5.41, 5.74) is 1.58. The molecule has 0 saturated carbocycles. The standard InChI is InChI=1S/C15H9ClOS/c16-13-7-11(5-6-12(13)9-17)15-8-10-3-1-2-4-14(10)18-15/h1-9H. The fourth-order valence-corrected chi connectivity index (χ4v) is 3.18. The quantitative estimate of drug-likeness (QED) is 0.598.